The standard InChI is InChI=1S/C17H26N4O/c1-12-10-16(19-18-13(12)2)21-9-5-8-15(11-21)20(3)17(22)14-6-4-7-14/h10,14-15H,4-9,11H2,1-3H3. The first kappa shape index (κ1) is 15.3. The summed E-state index contributed by atoms with van der Waals surface area (Å²) in [5, 5.41) is 8.57. The van der Waals surface area contributed by atoms with Gasteiger partial charge < -0.3 is 9.80 Å². The minimum atomic E-state index is 0.279. The zero-order chi connectivity index (χ0) is 15.7. The van der Waals surface area contributed by atoms with Crippen LogP contribution < -0.4 is 4.90 Å². The molecule has 5 nitrogen and oxygen atoms in total. The number of aromatic nitrogens is 2. The Bertz CT molecular complexity index is 556. The van der Waals surface area contributed by atoms with Gasteiger partial charge in [0.2, 0.25) is 5.91 Å². The molecule has 120 valence electrons. The number of piperidine rings is 1. The molecule has 0 aromatic carbocycles. The lowest BCUT2D eigenvalue weighted by molar-refractivity contribution is -0.139. The number of anilines is 1. The lowest BCUT2D eigenvalue weighted by Crippen LogP contribution is -2.51. The van der Waals surface area contributed by atoms with E-state index in [9.17, 15) is 4.79 Å². The molecule has 1 aromatic rings. The van der Waals surface area contributed by atoms with Crippen LogP contribution in [-0.4, -0.2) is 47.2 Å². The third-order valence-corrected chi connectivity index (χ3v) is 5.29. The maximum absolute atomic E-state index is 12.4. The van der Waals surface area contributed by atoms with Crippen LogP contribution in [0.5, 0.6) is 0 Å². The van der Waals surface area contributed by atoms with Crippen LogP contribution in [0.25, 0.3) is 0 Å². The number of aryl methyl sites for hydroxylation is 2. The molecule has 2 fully saturated rings. The molecule has 1 saturated heterocycles. The summed E-state index contributed by atoms with van der Waals surface area (Å²) >= 11 is 0. The van der Waals surface area contributed by atoms with Crippen molar-refractivity contribution in [1.29, 1.82) is 0 Å². The zero-order valence-corrected chi connectivity index (χ0v) is 13.9. The summed E-state index contributed by atoms with van der Waals surface area (Å²) < 4.78 is 0. The van der Waals surface area contributed by atoms with Crippen molar-refractivity contribution in [3.05, 3.63) is 17.3 Å². The van der Waals surface area contributed by atoms with Gasteiger partial charge in [-0.3, -0.25) is 4.79 Å². The molecule has 0 bridgehead atoms. The van der Waals surface area contributed by atoms with E-state index in [1.807, 2.05) is 18.9 Å². The van der Waals surface area contributed by atoms with Gasteiger partial charge in [-0.2, -0.15) is 5.10 Å². The Hall–Kier alpha value is -1.65. The highest BCUT2D eigenvalue weighted by atomic mass is 16.2. The molecule has 1 aliphatic carbocycles. The van der Waals surface area contributed by atoms with E-state index < -0.39 is 0 Å². The van der Waals surface area contributed by atoms with Crippen molar-refractivity contribution in [2.24, 2.45) is 5.92 Å². The van der Waals surface area contributed by atoms with E-state index in [1.54, 1.807) is 0 Å². The second-order valence-corrected chi connectivity index (χ2v) is 6.79. The van der Waals surface area contributed by atoms with Gasteiger partial charge in [-0.05, 0) is 51.2 Å². The number of amides is 1. The summed E-state index contributed by atoms with van der Waals surface area (Å²) in [6.07, 6.45) is 5.54. The molecule has 1 aliphatic heterocycles. The number of hydrogen-bond acceptors (Lipinski definition) is 4. The monoisotopic (exact) mass is 302 g/mol. The van der Waals surface area contributed by atoms with Gasteiger partial charge in [-0.1, -0.05) is 6.42 Å². The van der Waals surface area contributed by atoms with Crippen LogP contribution in [0.15, 0.2) is 6.07 Å². The second kappa shape index (κ2) is 6.23. The molecule has 5 heteroatoms. The summed E-state index contributed by atoms with van der Waals surface area (Å²) in [4.78, 5) is 16.7. The molecule has 1 aromatic heterocycles. The largest absolute Gasteiger partial charge is 0.353 e. The van der Waals surface area contributed by atoms with Crippen molar-refractivity contribution in [3.63, 3.8) is 0 Å². The third kappa shape index (κ3) is 2.94. The van der Waals surface area contributed by atoms with Gasteiger partial charge in [0.15, 0.2) is 5.82 Å². The second-order valence-electron chi connectivity index (χ2n) is 6.79. The Morgan fingerprint density at radius 2 is 2.00 bits per heavy atom. The SMILES string of the molecule is Cc1cc(N2CCCC(N(C)C(=O)C3CCC3)C2)nnc1C. The first-order valence-electron chi connectivity index (χ1n) is 8.39. The van der Waals surface area contributed by atoms with Crippen molar-refractivity contribution < 1.29 is 4.79 Å². The fraction of sp³-hybridized carbons (Fsp3) is 0.706. The summed E-state index contributed by atoms with van der Waals surface area (Å²) in [5.74, 6) is 1.56. The van der Waals surface area contributed by atoms with E-state index >= 15 is 0 Å². The topological polar surface area (TPSA) is 49.3 Å². The van der Waals surface area contributed by atoms with E-state index in [1.165, 1.54) is 12.0 Å². The fourth-order valence-corrected chi connectivity index (χ4v) is 3.29. The van der Waals surface area contributed by atoms with Crippen molar-refractivity contribution in [2.45, 2.75) is 52.0 Å². The Kier molecular flexibility index (Phi) is 4.32. The molecular formula is C17H26N4O. The summed E-state index contributed by atoms with van der Waals surface area (Å²) in [7, 11) is 1.97. The van der Waals surface area contributed by atoms with E-state index in [0.29, 0.717) is 11.9 Å². The lowest BCUT2D eigenvalue weighted by Gasteiger charge is -2.40. The number of rotatable bonds is 3. The van der Waals surface area contributed by atoms with Crippen LogP contribution in [0.2, 0.25) is 0 Å². The Balaban J connectivity index is 1.68. The van der Waals surface area contributed by atoms with Gasteiger partial charge in [0.25, 0.3) is 0 Å². The highest BCUT2D eigenvalue weighted by Gasteiger charge is 2.33. The average Bonchev–Trinajstić information content (AvgIpc) is 2.47. The molecule has 2 aliphatic rings. The highest BCUT2D eigenvalue weighted by Crippen LogP contribution is 2.30. The van der Waals surface area contributed by atoms with Gasteiger partial charge >= 0.3 is 0 Å². The normalized spacial score (nSPS) is 22.3. The number of hydrogen-bond donors (Lipinski definition) is 0. The Morgan fingerprint density at radius 3 is 2.64 bits per heavy atom. The number of carbonyl (C=O) groups excluding carboxylic acids is 1. The molecule has 0 N–H and O–H groups in total. The van der Waals surface area contributed by atoms with Crippen LogP contribution >= 0.6 is 0 Å². The molecule has 1 unspecified atom stereocenters. The molecule has 22 heavy (non-hydrogen) atoms. The van der Waals surface area contributed by atoms with Crippen LogP contribution in [-0.2, 0) is 4.79 Å². The minimum absolute atomic E-state index is 0.279. The molecule has 0 radical (unpaired) electrons. The smallest absolute Gasteiger partial charge is 0.225 e. The van der Waals surface area contributed by atoms with E-state index in [2.05, 4.69) is 28.1 Å². The summed E-state index contributed by atoms with van der Waals surface area (Å²) in [6.45, 7) is 5.92. The fourth-order valence-electron chi connectivity index (χ4n) is 3.29. The predicted molar refractivity (Wildman–Crippen MR) is 86.9 cm³/mol. The van der Waals surface area contributed by atoms with Crippen LogP contribution in [0.1, 0.15) is 43.4 Å². The third-order valence-electron chi connectivity index (χ3n) is 5.29. The molecular weight excluding hydrogens is 276 g/mol. The molecule has 0 spiro atoms. The molecule has 1 amide bonds. The highest BCUT2D eigenvalue weighted by molar-refractivity contribution is 5.79. The van der Waals surface area contributed by atoms with Crippen molar-refractivity contribution in [1.82, 2.24) is 15.1 Å². The lowest BCUT2D eigenvalue weighted by atomic mass is 9.84. The number of carbonyl (C=O) groups is 1. The maximum Gasteiger partial charge on any atom is 0.225 e. The van der Waals surface area contributed by atoms with Crippen LogP contribution in [0.3, 0.4) is 0 Å². The number of nitrogens with zero attached hydrogens (tertiary/aromatic N) is 4. The van der Waals surface area contributed by atoms with Crippen LogP contribution in [0.4, 0.5) is 5.82 Å². The van der Waals surface area contributed by atoms with E-state index in [-0.39, 0.29) is 5.92 Å². The Labute approximate surface area is 132 Å². The average molecular weight is 302 g/mol. The van der Waals surface area contributed by atoms with E-state index in [4.69, 9.17) is 0 Å². The van der Waals surface area contributed by atoms with E-state index in [0.717, 1.165) is 50.3 Å². The molecule has 2 heterocycles. The van der Waals surface area contributed by atoms with Gasteiger partial charge in [-0.25, -0.2) is 0 Å². The van der Waals surface area contributed by atoms with Gasteiger partial charge in [-0.15, -0.1) is 5.10 Å². The first-order valence-corrected chi connectivity index (χ1v) is 8.39. The van der Waals surface area contributed by atoms with Crippen molar-refractivity contribution in [3.8, 4) is 0 Å². The molecule has 1 atom stereocenters. The first-order chi connectivity index (χ1) is 10.6. The molecule has 3 rings (SSSR count). The summed E-state index contributed by atoms with van der Waals surface area (Å²) in [5.41, 5.74) is 2.15. The quantitative estimate of drug-likeness (QED) is 0.860. The maximum atomic E-state index is 12.4. The van der Waals surface area contributed by atoms with Crippen molar-refractivity contribution in [2.75, 3.05) is 25.0 Å². The predicted octanol–water partition coefficient (Wildman–Crippen LogP) is 2.32. The Morgan fingerprint density at radius 1 is 1.23 bits per heavy atom. The zero-order valence-electron chi connectivity index (χ0n) is 13.9. The van der Waals surface area contributed by atoms with Gasteiger partial charge in [0.05, 0.1) is 5.69 Å². The van der Waals surface area contributed by atoms with Crippen molar-refractivity contribution >= 4 is 11.7 Å². The molecule has 1 saturated carbocycles. The van der Waals surface area contributed by atoms with Gasteiger partial charge in [0.1, 0.15) is 0 Å². The number of likely N-dealkylation sites (N-methyl/N-ethyl adjacent to an activating group) is 1. The summed E-state index contributed by atoms with van der Waals surface area (Å²) in [6, 6.07) is 2.41. The minimum Gasteiger partial charge on any atom is -0.353 e. The van der Waals surface area contributed by atoms with Gasteiger partial charge in [0, 0.05) is 32.1 Å². The van der Waals surface area contributed by atoms with Crippen LogP contribution in [0, 0.1) is 19.8 Å².